The average molecular weight is 410 g/mol. The zero-order valence-corrected chi connectivity index (χ0v) is 17.4. The van der Waals surface area contributed by atoms with Crippen molar-refractivity contribution in [3.63, 3.8) is 0 Å². The number of piperazine rings is 1. The van der Waals surface area contributed by atoms with Crippen molar-refractivity contribution in [3.05, 3.63) is 76.1 Å². The minimum Gasteiger partial charge on any atom is -0.364 e. The maximum absolute atomic E-state index is 13.4. The van der Waals surface area contributed by atoms with Crippen LogP contribution in [0.25, 0.3) is 0 Å². The van der Waals surface area contributed by atoms with E-state index in [0.717, 1.165) is 18.8 Å². The molecule has 5 nitrogen and oxygen atoms in total. The summed E-state index contributed by atoms with van der Waals surface area (Å²) in [5, 5.41) is 3.82. The molecule has 2 aliphatic rings. The number of hydrogen-bond donors (Lipinski definition) is 1. The molecule has 0 saturated carbocycles. The molecule has 0 amide bonds. The fraction of sp³-hybridized carbons (Fsp3) is 0.304. The van der Waals surface area contributed by atoms with Gasteiger partial charge in [0.25, 0.3) is 0 Å². The lowest BCUT2D eigenvalue weighted by molar-refractivity contribution is 0.0882. The van der Waals surface area contributed by atoms with Crippen molar-refractivity contribution in [1.29, 1.82) is 0 Å². The molecule has 1 heterocycles. The van der Waals surface area contributed by atoms with Crippen LogP contribution < -0.4 is 5.32 Å². The Balaban J connectivity index is 1.74. The summed E-state index contributed by atoms with van der Waals surface area (Å²) in [5.74, 6) is -0.258. The molecule has 0 atom stereocenters. The van der Waals surface area contributed by atoms with Gasteiger partial charge in [-0.25, -0.2) is 0 Å². The van der Waals surface area contributed by atoms with Crippen molar-refractivity contribution < 1.29 is 9.59 Å². The molecule has 2 aromatic rings. The van der Waals surface area contributed by atoms with E-state index in [2.05, 4.69) is 24.1 Å². The van der Waals surface area contributed by atoms with Gasteiger partial charge in [-0.15, -0.1) is 0 Å². The SMILES string of the molecule is CC(C)N1CCN(C2=C(Nc3ccc(Cl)cc3)C(=O)c3ccccc3C2=O)CC1. The molecule has 1 N–H and O–H groups in total. The van der Waals surface area contributed by atoms with Crippen molar-refractivity contribution in [3.8, 4) is 0 Å². The fourth-order valence-electron chi connectivity index (χ4n) is 3.92. The van der Waals surface area contributed by atoms with Gasteiger partial charge in [-0.2, -0.15) is 0 Å². The summed E-state index contributed by atoms with van der Waals surface area (Å²) >= 11 is 5.99. The summed E-state index contributed by atoms with van der Waals surface area (Å²) in [4.78, 5) is 31.2. The van der Waals surface area contributed by atoms with Gasteiger partial charge in [0.1, 0.15) is 11.4 Å². The second-order valence-electron chi connectivity index (χ2n) is 7.68. The zero-order valence-electron chi connectivity index (χ0n) is 16.6. The summed E-state index contributed by atoms with van der Waals surface area (Å²) in [6, 6.07) is 14.6. The summed E-state index contributed by atoms with van der Waals surface area (Å²) in [6.07, 6.45) is 0. The van der Waals surface area contributed by atoms with Crippen molar-refractivity contribution >= 4 is 28.9 Å². The number of carbonyl (C=O) groups is 2. The fourth-order valence-corrected chi connectivity index (χ4v) is 4.05. The Labute approximate surface area is 175 Å². The van der Waals surface area contributed by atoms with Crippen LogP contribution in [0, 0.1) is 0 Å². The number of hydrogen-bond acceptors (Lipinski definition) is 5. The summed E-state index contributed by atoms with van der Waals surface area (Å²) in [5.41, 5.74) is 2.45. The van der Waals surface area contributed by atoms with Crippen molar-refractivity contribution in [2.45, 2.75) is 19.9 Å². The highest BCUT2D eigenvalue weighted by Crippen LogP contribution is 2.30. The summed E-state index contributed by atoms with van der Waals surface area (Å²) in [7, 11) is 0. The van der Waals surface area contributed by atoms with Gasteiger partial charge >= 0.3 is 0 Å². The third-order valence-electron chi connectivity index (χ3n) is 5.57. The first-order valence-electron chi connectivity index (χ1n) is 9.90. The normalized spacial score (nSPS) is 17.7. The quantitative estimate of drug-likeness (QED) is 0.824. The number of fused-ring (bicyclic) bond motifs is 1. The van der Waals surface area contributed by atoms with E-state index in [-0.39, 0.29) is 11.6 Å². The number of carbonyl (C=O) groups excluding carboxylic acids is 2. The molecular weight excluding hydrogens is 386 g/mol. The molecule has 0 spiro atoms. The lowest BCUT2D eigenvalue weighted by Crippen LogP contribution is -2.50. The van der Waals surface area contributed by atoms with Crippen LogP contribution in [0.4, 0.5) is 5.69 Å². The van der Waals surface area contributed by atoms with E-state index in [9.17, 15) is 9.59 Å². The molecule has 1 fully saturated rings. The number of Topliss-reactive ketones (excluding diaryl/α,β-unsaturated/α-hetero) is 2. The van der Waals surface area contributed by atoms with Crippen LogP contribution in [-0.2, 0) is 0 Å². The highest BCUT2D eigenvalue weighted by atomic mass is 35.5. The highest BCUT2D eigenvalue weighted by Gasteiger charge is 2.36. The molecule has 150 valence electrons. The molecule has 0 radical (unpaired) electrons. The Morgan fingerprint density at radius 2 is 1.45 bits per heavy atom. The van der Waals surface area contributed by atoms with E-state index < -0.39 is 0 Å². The molecule has 0 unspecified atom stereocenters. The van der Waals surface area contributed by atoms with Crippen LogP contribution >= 0.6 is 11.6 Å². The van der Waals surface area contributed by atoms with Gasteiger partial charge in [0.2, 0.25) is 11.6 Å². The number of nitrogens with zero attached hydrogens (tertiary/aromatic N) is 2. The number of benzene rings is 2. The minimum atomic E-state index is -0.156. The number of halogens is 1. The molecule has 6 heteroatoms. The molecule has 1 aliphatic carbocycles. The van der Waals surface area contributed by atoms with Gasteiger partial charge in [0.15, 0.2) is 0 Å². The van der Waals surface area contributed by atoms with Gasteiger partial charge in [0.05, 0.1) is 0 Å². The molecule has 1 saturated heterocycles. The van der Waals surface area contributed by atoms with Gasteiger partial charge in [-0.05, 0) is 38.1 Å². The highest BCUT2D eigenvalue weighted by molar-refractivity contribution is 6.30. The van der Waals surface area contributed by atoms with Crippen molar-refractivity contribution in [1.82, 2.24) is 9.80 Å². The van der Waals surface area contributed by atoms with Crippen LogP contribution in [0.15, 0.2) is 59.9 Å². The number of allylic oxidation sites excluding steroid dienone is 2. The predicted octanol–water partition coefficient (Wildman–Crippen LogP) is 4.07. The van der Waals surface area contributed by atoms with Gasteiger partial charge in [-0.3, -0.25) is 14.5 Å². The number of rotatable bonds is 4. The van der Waals surface area contributed by atoms with Crippen molar-refractivity contribution in [2.75, 3.05) is 31.5 Å². The maximum Gasteiger partial charge on any atom is 0.212 e. The topological polar surface area (TPSA) is 52.6 Å². The second-order valence-corrected chi connectivity index (χ2v) is 8.11. The molecule has 29 heavy (non-hydrogen) atoms. The van der Waals surface area contributed by atoms with Crippen LogP contribution in [0.3, 0.4) is 0 Å². The number of ketones is 2. The first-order valence-corrected chi connectivity index (χ1v) is 10.3. The summed E-state index contributed by atoms with van der Waals surface area (Å²) < 4.78 is 0. The lowest BCUT2D eigenvalue weighted by Gasteiger charge is -2.40. The molecule has 0 bridgehead atoms. The van der Waals surface area contributed by atoms with Crippen LogP contribution in [0.5, 0.6) is 0 Å². The van der Waals surface area contributed by atoms with E-state index >= 15 is 0 Å². The van der Waals surface area contributed by atoms with E-state index in [1.165, 1.54) is 0 Å². The molecule has 2 aromatic carbocycles. The van der Waals surface area contributed by atoms with E-state index in [0.29, 0.717) is 46.7 Å². The van der Waals surface area contributed by atoms with Gasteiger partial charge in [-0.1, -0.05) is 35.9 Å². The largest absolute Gasteiger partial charge is 0.364 e. The lowest BCUT2D eigenvalue weighted by atomic mass is 9.89. The minimum absolute atomic E-state index is 0.102. The predicted molar refractivity (Wildman–Crippen MR) is 115 cm³/mol. The first-order chi connectivity index (χ1) is 14.0. The smallest absolute Gasteiger partial charge is 0.212 e. The molecular formula is C23H24ClN3O2. The standard InChI is InChI=1S/C23H24ClN3O2/c1-15(2)26-11-13-27(14-12-26)21-20(25-17-9-7-16(24)8-10-17)22(28)18-5-3-4-6-19(18)23(21)29/h3-10,15,25H,11-14H2,1-2H3. The van der Waals surface area contributed by atoms with Crippen molar-refractivity contribution in [2.24, 2.45) is 0 Å². The van der Waals surface area contributed by atoms with Gasteiger partial charge < -0.3 is 10.2 Å². The van der Waals surface area contributed by atoms with Gasteiger partial charge in [0, 0.05) is 54.1 Å². The number of nitrogens with one attached hydrogen (secondary N) is 1. The summed E-state index contributed by atoms with van der Waals surface area (Å²) in [6.45, 7) is 7.49. The van der Waals surface area contributed by atoms with E-state index in [4.69, 9.17) is 11.6 Å². The third-order valence-corrected chi connectivity index (χ3v) is 5.82. The van der Waals surface area contributed by atoms with Crippen LogP contribution in [0.1, 0.15) is 34.6 Å². The zero-order chi connectivity index (χ0) is 20.5. The maximum atomic E-state index is 13.4. The Hall–Kier alpha value is -2.63. The second kappa shape index (κ2) is 8.01. The third kappa shape index (κ3) is 3.80. The van der Waals surface area contributed by atoms with E-state index in [1.807, 2.05) is 17.0 Å². The molecule has 0 aromatic heterocycles. The Morgan fingerprint density at radius 3 is 2.03 bits per heavy atom. The van der Waals surface area contributed by atoms with Crippen LogP contribution in [0.2, 0.25) is 5.02 Å². The Morgan fingerprint density at radius 1 is 0.862 bits per heavy atom. The van der Waals surface area contributed by atoms with Crippen LogP contribution in [-0.4, -0.2) is 53.6 Å². The Kier molecular flexibility index (Phi) is 5.43. The molecule has 1 aliphatic heterocycles. The Bertz CT molecular complexity index is 974. The number of anilines is 1. The molecule has 4 rings (SSSR count). The van der Waals surface area contributed by atoms with E-state index in [1.54, 1.807) is 36.4 Å². The monoisotopic (exact) mass is 409 g/mol. The average Bonchev–Trinajstić information content (AvgIpc) is 2.73. The first kappa shape index (κ1) is 19.7.